The lowest BCUT2D eigenvalue weighted by molar-refractivity contribution is -0.122. The number of carbonyl (C=O) groups is 1. The third-order valence-corrected chi connectivity index (χ3v) is 7.84. The molecule has 1 spiro atoms. The van der Waals surface area contributed by atoms with Crippen LogP contribution in [0, 0.1) is 0 Å². The second-order valence-corrected chi connectivity index (χ2v) is 11.5. The molecule has 1 N–H and O–H groups in total. The van der Waals surface area contributed by atoms with Crippen molar-refractivity contribution >= 4 is 27.3 Å². The van der Waals surface area contributed by atoms with Crippen molar-refractivity contribution in [3.05, 3.63) is 65.7 Å². The molecule has 0 aromatic heterocycles. The summed E-state index contributed by atoms with van der Waals surface area (Å²) in [6, 6.07) is 16.9. The molecule has 3 aliphatic rings. The van der Waals surface area contributed by atoms with Gasteiger partial charge in [0.15, 0.2) is 11.5 Å². The molecule has 0 fully saturated rings. The van der Waals surface area contributed by atoms with E-state index in [-0.39, 0.29) is 19.3 Å². The molecule has 0 aliphatic carbocycles. The van der Waals surface area contributed by atoms with Gasteiger partial charge in [-0.1, -0.05) is 44.0 Å². The number of nitrogens with one attached hydrogen (secondary N) is 1. The minimum atomic E-state index is -3.39. The van der Waals surface area contributed by atoms with Crippen LogP contribution in [-0.4, -0.2) is 40.5 Å². The van der Waals surface area contributed by atoms with E-state index >= 15 is 0 Å². The van der Waals surface area contributed by atoms with Crippen molar-refractivity contribution in [2.45, 2.75) is 31.6 Å². The van der Waals surface area contributed by atoms with Gasteiger partial charge in [-0.25, -0.2) is 8.42 Å². The molecular weight excluding hydrogens is 492 g/mol. The van der Waals surface area contributed by atoms with E-state index in [0.717, 1.165) is 53.5 Å². The fourth-order valence-electron chi connectivity index (χ4n) is 5.60. The smallest absolute Gasteiger partial charge is 0.245 e. The predicted molar refractivity (Wildman–Crippen MR) is 141 cm³/mol. The first-order chi connectivity index (χ1) is 17.8. The topological polar surface area (TPSA) is 94.2 Å². The maximum atomic E-state index is 14.3. The van der Waals surface area contributed by atoms with E-state index in [2.05, 4.69) is 11.6 Å². The van der Waals surface area contributed by atoms with Crippen LogP contribution in [0.5, 0.6) is 17.2 Å². The second kappa shape index (κ2) is 8.69. The van der Waals surface area contributed by atoms with Crippen LogP contribution in [0.3, 0.4) is 0 Å². The monoisotopic (exact) mass is 520 g/mol. The van der Waals surface area contributed by atoms with Crippen LogP contribution in [0.25, 0.3) is 11.1 Å². The van der Waals surface area contributed by atoms with E-state index in [1.54, 1.807) is 12.1 Å². The van der Waals surface area contributed by atoms with Crippen LogP contribution in [0.1, 0.15) is 37.3 Å². The highest BCUT2D eigenvalue weighted by Gasteiger charge is 2.58. The van der Waals surface area contributed by atoms with Gasteiger partial charge in [-0.15, -0.1) is 0 Å². The third kappa shape index (κ3) is 3.80. The molecule has 0 saturated carbocycles. The molecule has 3 aromatic rings. The quantitative estimate of drug-likeness (QED) is 0.455. The van der Waals surface area contributed by atoms with Crippen LogP contribution >= 0.6 is 0 Å². The van der Waals surface area contributed by atoms with E-state index in [4.69, 9.17) is 14.2 Å². The van der Waals surface area contributed by atoms with Crippen molar-refractivity contribution in [1.29, 1.82) is 0 Å². The second-order valence-electron chi connectivity index (χ2n) is 9.71. The number of ether oxygens (including phenoxy) is 3. The zero-order valence-electron chi connectivity index (χ0n) is 20.7. The molecular formula is C28H28N2O6S. The van der Waals surface area contributed by atoms with Gasteiger partial charge in [0.1, 0.15) is 17.8 Å². The normalized spacial score (nSPS) is 19.2. The molecule has 3 aliphatic heterocycles. The average molecular weight is 521 g/mol. The van der Waals surface area contributed by atoms with Crippen molar-refractivity contribution < 1.29 is 27.4 Å². The predicted octanol–water partition coefficient (Wildman–Crippen LogP) is 4.67. The lowest BCUT2D eigenvalue weighted by Gasteiger charge is -2.24. The summed E-state index contributed by atoms with van der Waals surface area (Å²) in [6.07, 6.45) is 4.12. The number of anilines is 2. The number of carbonyl (C=O) groups excluding carboxylic acids is 1. The van der Waals surface area contributed by atoms with Crippen LogP contribution in [-0.2, 0) is 20.2 Å². The number of hydrogen-bond acceptors (Lipinski definition) is 6. The molecule has 1 amide bonds. The van der Waals surface area contributed by atoms with Gasteiger partial charge >= 0.3 is 0 Å². The Balaban J connectivity index is 1.52. The van der Waals surface area contributed by atoms with E-state index < -0.39 is 15.4 Å². The van der Waals surface area contributed by atoms with Crippen LogP contribution in [0.4, 0.5) is 11.4 Å². The SMILES string of the molecule is CCCCCN1C(=O)C2(COc3cc4c(cc32)OCO4)c2c(-c3ccc(NS(C)(=O)=O)cc3)cccc21. The van der Waals surface area contributed by atoms with Crippen molar-refractivity contribution in [2.24, 2.45) is 0 Å². The van der Waals surface area contributed by atoms with Gasteiger partial charge < -0.3 is 19.1 Å². The first-order valence-corrected chi connectivity index (χ1v) is 14.3. The summed E-state index contributed by atoms with van der Waals surface area (Å²) in [5.41, 5.74) is 3.82. The Hall–Kier alpha value is -3.72. The lowest BCUT2D eigenvalue weighted by atomic mass is 9.74. The number of sulfonamides is 1. The average Bonchev–Trinajstić information content (AvgIpc) is 3.54. The van der Waals surface area contributed by atoms with Crippen LogP contribution < -0.4 is 23.8 Å². The van der Waals surface area contributed by atoms with E-state index in [0.29, 0.717) is 29.5 Å². The number of fused-ring (bicyclic) bond motifs is 5. The molecule has 1 atom stereocenters. The van der Waals surface area contributed by atoms with Gasteiger partial charge in [0.25, 0.3) is 0 Å². The zero-order chi connectivity index (χ0) is 25.8. The molecule has 3 aromatic carbocycles. The number of rotatable bonds is 7. The van der Waals surface area contributed by atoms with Crippen molar-refractivity contribution in [3.63, 3.8) is 0 Å². The van der Waals surface area contributed by atoms with E-state index in [1.165, 1.54) is 0 Å². The number of hydrogen-bond donors (Lipinski definition) is 1. The first-order valence-electron chi connectivity index (χ1n) is 12.4. The molecule has 3 heterocycles. The van der Waals surface area contributed by atoms with Crippen molar-refractivity contribution in [1.82, 2.24) is 0 Å². The number of benzene rings is 3. The summed E-state index contributed by atoms with van der Waals surface area (Å²) in [4.78, 5) is 16.2. The minimum Gasteiger partial charge on any atom is -0.491 e. The lowest BCUT2D eigenvalue weighted by Crippen LogP contribution is -2.43. The van der Waals surface area contributed by atoms with E-state index in [1.807, 2.05) is 47.4 Å². The summed E-state index contributed by atoms with van der Waals surface area (Å²) in [6.45, 7) is 3.09. The zero-order valence-corrected chi connectivity index (χ0v) is 21.6. The van der Waals surface area contributed by atoms with Gasteiger partial charge in [0.2, 0.25) is 22.7 Å². The highest BCUT2D eigenvalue weighted by molar-refractivity contribution is 7.92. The molecule has 0 radical (unpaired) electrons. The van der Waals surface area contributed by atoms with Crippen molar-refractivity contribution in [3.8, 4) is 28.4 Å². The summed E-state index contributed by atoms with van der Waals surface area (Å²) < 4.78 is 43.2. The molecule has 6 rings (SSSR count). The van der Waals surface area contributed by atoms with Crippen LogP contribution in [0.15, 0.2) is 54.6 Å². The van der Waals surface area contributed by atoms with E-state index in [9.17, 15) is 13.2 Å². The highest BCUT2D eigenvalue weighted by atomic mass is 32.2. The summed E-state index contributed by atoms with van der Waals surface area (Å²) >= 11 is 0. The fourth-order valence-corrected chi connectivity index (χ4v) is 6.16. The van der Waals surface area contributed by atoms with Crippen LogP contribution in [0.2, 0.25) is 0 Å². The van der Waals surface area contributed by atoms with Gasteiger partial charge in [0.05, 0.1) is 6.26 Å². The first kappa shape index (κ1) is 23.7. The molecule has 1 unspecified atom stereocenters. The standard InChI is InChI=1S/C28H28N2O6S/c1-3-4-5-13-30-22-8-6-7-20(18-9-11-19(12-10-18)29-37(2,32)33)26(22)28(27(30)31)16-34-23-15-25-24(14-21(23)28)35-17-36-25/h6-12,14-15,29H,3-5,13,16-17H2,1-2H3. The Kier molecular flexibility index (Phi) is 5.56. The molecule has 192 valence electrons. The van der Waals surface area contributed by atoms with Gasteiger partial charge in [-0.05, 0) is 41.8 Å². The number of nitrogens with zero attached hydrogens (tertiary/aromatic N) is 1. The van der Waals surface area contributed by atoms with Gasteiger partial charge in [-0.2, -0.15) is 0 Å². The van der Waals surface area contributed by atoms with Gasteiger partial charge in [-0.3, -0.25) is 9.52 Å². The number of unbranched alkanes of at least 4 members (excludes halogenated alkanes) is 2. The molecule has 0 saturated heterocycles. The molecule has 0 bridgehead atoms. The number of amides is 1. The molecule has 9 heteroatoms. The van der Waals surface area contributed by atoms with Crippen molar-refractivity contribution in [2.75, 3.05) is 35.8 Å². The summed E-state index contributed by atoms with van der Waals surface area (Å²) in [5.74, 6) is 1.85. The van der Waals surface area contributed by atoms with Gasteiger partial charge in [0, 0.05) is 35.1 Å². The maximum absolute atomic E-state index is 14.3. The highest BCUT2D eigenvalue weighted by Crippen LogP contribution is 2.57. The summed E-state index contributed by atoms with van der Waals surface area (Å²) in [7, 11) is -3.39. The molecule has 8 nitrogen and oxygen atoms in total. The minimum absolute atomic E-state index is 0.000897. The largest absolute Gasteiger partial charge is 0.491 e. The third-order valence-electron chi connectivity index (χ3n) is 7.23. The Labute approximate surface area is 216 Å². The Bertz CT molecular complexity index is 1500. The molecule has 37 heavy (non-hydrogen) atoms. The Morgan fingerprint density at radius 1 is 0.973 bits per heavy atom. The Morgan fingerprint density at radius 2 is 1.73 bits per heavy atom. The maximum Gasteiger partial charge on any atom is 0.245 e. The Morgan fingerprint density at radius 3 is 2.46 bits per heavy atom. The summed E-state index contributed by atoms with van der Waals surface area (Å²) in [5, 5.41) is 0. The fraction of sp³-hybridized carbons (Fsp3) is 0.321.